The first kappa shape index (κ1) is 15.0. The Labute approximate surface area is 114 Å². The SMILES string of the molecule is CCC(C(=O)OC)C(c1ccc(Cl)cc1)N(C)C. The first-order valence-electron chi connectivity index (χ1n) is 6.01. The second-order valence-electron chi connectivity index (χ2n) is 4.50. The van der Waals surface area contributed by atoms with Crippen LogP contribution in [0.3, 0.4) is 0 Å². The van der Waals surface area contributed by atoms with Crippen LogP contribution in [-0.2, 0) is 9.53 Å². The van der Waals surface area contributed by atoms with Crippen molar-refractivity contribution in [2.24, 2.45) is 5.92 Å². The molecule has 2 atom stereocenters. The number of hydrogen-bond acceptors (Lipinski definition) is 3. The molecule has 0 saturated heterocycles. The number of carbonyl (C=O) groups excluding carboxylic acids is 1. The van der Waals surface area contributed by atoms with Gasteiger partial charge in [-0.05, 0) is 38.2 Å². The van der Waals surface area contributed by atoms with Gasteiger partial charge in [0, 0.05) is 11.1 Å². The second kappa shape index (κ2) is 6.76. The van der Waals surface area contributed by atoms with E-state index >= 15 is 0 Å². The molecule has 18 heavy (non-hydrogen) atoms. The Hall–Kier alpha value is -1.06. The van der Waals surface area contributed by atoms with Crippen molar-refractivity contribution in [1.82, 2.24) is 4.90 Å². The number of hydrogen-bond donors (Lipinski definition) is 0. The maximum Gasteiger partial charge on any atom is 0.310 e. The molecule has 0 bridgehead atoms. The van der Waals surface area contributed by atoms with Crippen molar-refractivity contribution in [2.45, 2.75) is 19.4 Å². The Morgan fingerprint density at radius 1 is 1.33 bits per heavy atom. The fraction of sp³-hybridized carbons (Fsp3) is 0.500. The Morgan fingerprint density at radius 2 is 1.89 bits per heavy atom. The number of ether oxygens (including phenoxy) is 1. The third kappa shape index (κ3) is 3.47. The van der Waals surface area contributed by atoms with Gasteiger partial charge in [-0.2, -0.15) is 0 Å². The van der Waals surface area contributed by atoms with Gasteiger partial charge >= 0.3 is 5.97 Å². The van der Waals surface area contributed by atoms with Crippen LogP contribution in [0.1, 0.15) is 24.9 Å². The molecule has 4 heteroatoms. The normalized spacial score (nSPS) is 14.3. The summed E-state index contributed by atoms with van der Waals surface area (Å²) in [6.45, 7) is 1.99. The van der Waals surface area contributed by atoms with E-state index in [-0.39, 0.29) is 17.9 Å². The molecular formula is C14H20ClNO2. The number of rotatable bonds is 5. The van der Waals surface area contributed by atoms with Gasteiger partial charge in [0.05, 0.1) is 13.0 Å². The van der Waals surface area contributed by atoms with Crippen LogP contribution in [0.25, 0.3) is 0 Å². The van der Waals surface area contributed by atoms with Crippen molar-refractivity contribution in [2.75, 3.05) is 21.2 Å². The average Bonchev–Trinajstić information content (AvgIpc) is 2.36. The molecule has 0 saturated carbocycles. The molecule has 2 unspecified atom stereocenters. The predicted octanol–water partition coefficient (Wildman–Crippen LogP) is 3.14. The van der Waals surface area contributed by atoms with Crippen molar-refractivity contribution in [1.29, 1.82) is 0 Å². The maximum atomic E-state index is 11.9. The van der Waals surface area contributed by atoms with E-state index in [0.29, 0.717) is 5.02 Å². The Bertz CT molecular complexity index is 389. The number of nitrogens with zero attached hydrogens (tertiary/aromatic N) is 1. The van der Waals surface area contributed by atoms with Crippen molar-refractivity contribution < 1.29 is 9.53 Å². The fourth-order valence-electron chi connectivity index (χ4n) is 2.22. The van der Waals surface area contributed by atoms with E-state index in [1.807, 2.05) is 50.2 Å². The molecule has 0 heterocycles. The molecule has 1 rings (SSSR count). The summed E-state index contributed by atoms with van der Waals surface area (Å²) < 4.78 is 4.89. The summed E-state index contributed by atoms with van der Waals surface area (Å²) in [4.78, 5) is 13.9. The molecule has 0 aliphatic rings. The van der Waals surface area contributed by atoms with E-state index in [4.69, 9.17) is 16.3 Å². The number of benzene rings is 1. The third-order valence-electron chi connectivity index (χ3n) is 3.09. The second-order valence-corrected chi connectivity index (χ2v) is 4.93. The minimum absolute atomic E-state index is 0.000262. The van der Waals surface area contributed by atoms with Gasteiger partial charge in [-0.15, -0.1) is 0 Å². The van der Waals surface area contributed by atoms with Crippen LogP contribution >= 0.6 is 11.6 Å². The lowest BCUT2D eigenvalue weighted by atomic mass is 9.90. The highest BCUT2D eigenvalue weighted by atomic mass is 35.5. The first-order valence-corrected chi connectivity index (χ1v) is 6.38. The standard InChI is InChI=1S/C14H20ClNO2/c1-5-12(14(17)18-4)13(16(2)3)10-6-8-11(15)9-7-10/h6-9,12-13H,5H2,1-4H3. The van der Waals surface area contributed by atoms with Gasteiger partial charge in [0.2, 0.25) is 0 Å². The summed E-state index contributed by atoms with van der Waals surface area (Å²) in [5.41, 5.74) is 1.07. The zero-order valence-electron chi connectivity index (χ0n) is 11.3. The van der Waals surface area contributed by atoms with E-state index in [1.165, 1.54) is 7.11 Å². The molecule has 0 fully saturated rings. The summed E-state index contributed by atoms with van der Waals surface area (Å²) in [7, 11) is 5.36. The molecule has 0 amide bonds. The van der Waals surface area contributed by atoms with E-state index in [9.17, 15) is 4.79 Å². The molecular weight excluding hydrogens is 250 g/mol. The number of esters is 1. The minimum atomic E-state index is -0.175. The fourth-order valence-corrected chi connectivity index (χ4v) is 2.35. The van der Waals surface area contributed by atoms with Gasteiger partial charge in [0.1, 0.15) is 0 Å². The van der Waals surface area contributed by atoms with Gasteiger partial charge in [-0.25, -0.2) is 0 Å². The van der Waals surface area contributed by atoms with Gasteiger partial charge in [0.15, 0.2) is 0 Å². The molecule has 1 aromatic carbocycles. The van der Waals surface area contributed by atoms with E-state index in [1.54, 1.807) is 0 Å². The van der Waals surface area contributed by atoms with Crippen molar-refractivity contribution in [3.63, 3.8) is 0 Å². The van der Waals surface area contributed by atoms with Crippen LogP contribution < -0.4 is 0 Å². The largest absolute Gasteiger partial charge is 0.469 e. The zero-order chi connectivity index (χ0) is 13.7. The van der Waals surface area contributed by atoms with Crippen LogP contribution in [0.15, 0.2) is 24.3 Å². The van der Waals surface area contributed by atoms with E-state index < -0.39 is 0 Å². The zero-order valence-corrected chi connectivity index (χ0v) is 12.1. The maximum absolute atomic E-state index is 11.9. The van der Waals surface area contributed by atoms with Crippen LogP contribution in [0.2, 0.25) is 5.02 Å². The quantitative estimate of drug-likeness (QED) is 0.769. The van der Waals surface area contributed by atoms with Crippen LogP contribution in [0.5, 0.6) is 0 Å². The summed E-state index contributed by atoms with van der Waals surface area (Å²) in [6.07, 6.45) is 0.734. The smallest absolute Gasteiger partial charge is 0.310 e. The van der Waals surface area contributed by atoms with Gasteiger partial charge in [0.25, 0.3) is 0 Å². The molecule has 0 aliphatic carbocycles. The molecule has 100 valence electrons. The van der Waals surface area contributed by atoms with Gasteiger partial charge < -0.3 is 9.64 Å². The summed E-state index contributed by atoms with van der Waals surface area (Å²) >= 11 is 5.89. The number of methoxy groups -OCH3 is 1. The number of carbonyl (C=O) groups is 1. The van der Waals surface area contributed by atoms with Gasteiger partial charge in [-0.1, -0.05) is 30.7 Å². The van der Waals surface area contributed by atoms with Crippen LogP contribution in [0, 0.1) is 5.92 Å². The lowest BCUT2D eigenvalue weighted by Gasteiger charge is -2.30. The molecule has 0 aromatic heterocycles. The summed E-state index contributed by atoms with van der Waals surface area (Å²) in [6, 6.07) is 7.60. The number of halogens is 1. The average molecular weight is 270 g/mol. The molecule has 0 radical (unpaired) electrons. The highest BCUT2D eigenvalue weighted by Crippen LogP contribution is 2.30. The van der Waals surface area contributed by atoms with Crippen LogP contribution in [-0.4, -0.2) is 32.1 Å². The van der Waals surface area contributed by atoms with Crippen LogP contribution in [0.4, 0.5) is 0 Å². The molecule has 0 N–H and O–H groups in total. The topological polar surface area (TPSA) is 29.5 Å². The highest BCUT2D eigenvalue weighted by molar-refractivity contribution is 6.30. The van der Waals surface area contributed by atoms with Gasteiger partial charge in [-0.3, -0.25) is 4.79 Å². The lowest BCUT2D eigenvalue weighted by Crippen LogP contribution is -2.32. The predicted molar refractivity (Wildman–Crippen MR) is 73.7 cm³/mol. The summed E-state index contributed by atoms with van der Waals surface area (Å²) in [5.74, 6) is -0.350. The Kier molecular flexibility index (Phi) is 5.63. The monoisotopic (exact) mass is 269 g/mol. The Balaban J connectivity index is 3.08. The molecule has 1 aromatic rings. The first-order chi connectivity index (χ1) is 8.51. The third-order valence-corrected chi connectivity index (χ3v) is 3.34. The molecule has 0 spiro atoms. The highest BCUT2D eigenvalue weighted by Gasteiger charge is 2.30. The molecule has 3 nitrogen and oxygen atoms in total. The Morgan fingerprint density at radius 3 is 2.28 bits per heavy atom. The van der Waals surface area contributed by atoms with Crippen molar-refractivity contribution in [3.8, 4) is 0 Å². The summed E-state index contributed by atoms with van der Waals surface area (Å²) in [5, 5.41) is 0.697. The minimum Gasteiger partial charge on any atom is -0.469 e. The van der Waals surface area contributed by atoms with Crippen molar-refractivity contribution in [3.05, 3.63) is 34.9 Å². The lowest BCUT2D eigenvalue weighted by molar-refractivity contribution is -0.148. The van der Waals surface area contributed by atoms with E-state index in [2.05, 4.69) is 0 Å². The van der Waals surface area contributed by atoms with Crippen molar-refractivity contribution >= 4 is 17.6 Å². The van der Waals surface area contributed by atoms with E-state index in [0.717, 1.165) is 12.0 Å². The molecule has 0 aliphatic heterocycles.